The number of carbonyl (C=O) groups is 1. The fraction of sp³-hybridized carbons (Fsp3) is 0.400. The number of hydrogen-bond donors (Lipinski definition) is 1. The number of carboxylic acids is 1. The second-order valence-corrected chi connectivity index (χ2v) is 3.62. The standard InChI is InChI=1S/C10H10N4O2/c11-3-7-4-13-9(5-12-7)14(6-10(15)16)8-1-2-8/h4-5,8H,1-2,6H2,(H,15,16). The van der Waals surface area contributed by atoms with Crippen LogP contribution in [0, 0.1) is 11.3 Å². The zero-order chi connectivity index (χ0) is 11.5. The van der Waals surface area contributed by atoms with Crippen molar-refractivity contribution in [3.05, 3.63) is 18.1 Å². The zero-order valence-corrected chi connectivity index (χ0v) is 8.50. The molecule has 0 spiro atoms. The molecule has 0 bridgehead atoms. The number of aromatic nitrogens is 2. The molecule has 2 rings (SSSR count). The molecular weight excluding hydrogens is 208 g/mol. The molecule has 0 aliphatic heterocycles. The van der Waals surface area contributed by atoms with E-state index in [0.29, 0.717) is 5.82 Å². The quantitative estimate of drug-likeness (QED) is 0.786. The molecule has 0 unspecified atom stereocenters. The Morgan fingerprint density at radius 2 is 2.31 bits per heavy atom. The minimum atomic E-state index is -0.891. The van der Waals surface area contributed by atoms with Crippen LogP contribution in [0.5, 0.6) is 0 Å². The molecule has 1 aromatic rings. The molecule has 0 amide bonds. The van der Waals surface area contributed by atoms with E-state index in [0.717, 1.165) is 12.8 Å². The second-order valence-electron chi connectivity index (χ2n) is 3.62. The Morgan fingerprint density at radius 3 is 2.75 bits per heavy atom. The maximum absolute atomic E-state index is 10.7. The van der Waals surface area contributed by atoms with Crippen molar-refractivity contribution < 1.29 is 9.90 Å². The fourth-order valence-electron chi connectivity index (χ4n) is 1.46. The van der Waals surface area contributed by atoms with Crippen LogP contribution in [0.2, 0.25) is 0 Å². The van der Waals surface area contributed by atoms with Crippen molar-refractivity contribution in [2.45, 2.75) is 18.9 Å². The first-order valence-electron chi connectivity index (χ1n) is 4.91. The average Bonchev–Trinajstić information content (AvgIpc) is 3.10. The van der Waals surface area contributed by atoms with Crippen LogP contribution in [0.1, 0.15) is 18.5 Å². The summed E-state index contributed by atoms with van der Waals surface area (Å²) < 4.78 is 0. The summed E-state index contributed by atoms with van der Waals surface area (Å²) in [6.45, 7) is -0.0781. The minimum absolute atomic E-state index is 0.0781. The third-order valence-electron chi connectivity index (χ3n) is 2.34. The molecule has 1 aliphatic rings. The van der Waals surface area contributed by atoms with Gasteiger partial charge in [0.15, 0.2) is 5.69 Å². The lowest BCUT2D eigenvalue weighted by atomic mass is 10.4. The van der Waals surface area contributed by atoms with Crippen molar-refractivity contribution in [3.63, 3.8) is 0 Å². The highest BCUT2D eigenvalue weighted by atomic mass is 16.4. The number of hydrogen-bond acceptors (Lipinski definition) is 5. The van der Waals surface area contributed by atoms with Gasteiger partial charge in [-0.25, -0.2) is 9.97 Å². The molecule has 1 aromatic heterocycles. The molecule has 6 heteroatoms. The Hall–Kier alpha value is -2.16. The summed E-state index contributed by atoms with van der Waals surface area (Å²) in [6, 6.07) is 2.12. The van der Waals surface area contributed by atoms with Crippen LogP contribution >= 0.6 is 0 Å². The van der Waals surface area contributed by atoms with E-state index >= 15 is 0 Å². The van der Waals surface area contributed by atoms with Crippen LogP contribution in [0.4, 0.5) is 5.82 Å². The van der Waals surface area contributed by atoms with Crippen molar-refractivity contribution in [2.75, 3.05) is 11.4 Å². The lowest BCUT2D eigenvalue weighted by Crippen LogP contribution is -2.32. The Labute approximate surface area is 92.2 Å². The normalized spacial score (nSPS) is 14.2. The van der Waals surface area contributed by atoms with Gasteiger partial charge in [-0.1, -0.05) is 0 Å². The molecule has 1 N–H and O–H groups in total. The molecule has 1 fully saturated rings. The van der Waals surface area contributed by atoms with E-state index in [9.17, 15) is 4.79 Å². The van der Waals surface area contributed by atoms with Gasteiger partial charge in [0.2, 0.25) is 0 Å². The predicted molar refractivity (Wildman–Crippen MR) is 54.8 cm³/mol. The maximum Gasteiger partial charge on any atom is 0.323 e. The molecule has 1 aliphatic carbocycles. The SMILES string of the molecule is N#Cc1cnc(N(CC(=O)O)C2CC2)cn1. The van der Waals surface area contributed by atoms with Crippen LogP contribution in [0.25, 0.3) is 0 Å². The summed E-state index contributed by atoms with van der Waals surface area (Å²) in [5.74, 6) is -0.373. The Morgan fingerprint density at radius 1 is 1.56 bits per heavy atom. The number of carboxylic acid groups (broad SMARTS) is 1. The van der Waals surface area contributed by atoms with Crippen LogP contribution in [-0.2, 0) is 4.79 Å². The van der Waals surface area contributed by atoms with Gasteiger partial charge < -0.3 is 10.0 Å². The third-order valence-corrected chi connectivity index (χ3v) is 2.34. The number of nitriles is 1. The topological polar surface area (TPSA) is 90.1 Å². The van der Waals surface area contributed by atoms with E-state index < -0.39 is 5.97 Å². The highest BCUT2D eigenvalue weighted by molar-refractivity contribution is 5.73. The van der Waals surface area contributed by atoms with E-state index in [1.54, 1.807) is 4.90 Å². The average molecular weight is 218 g/mol. The van der Waals surface area contributed by atoms with Crippen LogP contribution in [-0.4, -0.2) is 33.6 Å². The molecular formula is C10H10N4O2. The van der Waals surface area contributed by atoms with Gasteiger partial charge in [0.1, 0.15) is 18.4 Å². The van der Waals surface area contributed by atoms with E-state index in [1.165, 1.54) is 12.4 Å². The van der Waals surface area contributed by atoms with Crippen molar-refractivity contribution >= 4 is 11.8 Å². The van der Waals surface area contributed by atoms with E-state index in [2.05, 4.69) is 9.97 Å². The number of nitrogens with zero attached hydrogens (tertiary/aromatic N) is 4. The Kier molecular flexibility index (Phi) is 2.68. The van der Waals surface area contributed by atoms with Crippen molar-refractivity contribution in [2.24, 2.45) is 0 Å². The van der Waals surface area contributed by atoms with Crippen LogP contribution in [0.15, 0.2) is 12.4 Å². The molecule has 6 nitrogen and oxygen atoms in total. The molecule has 16 heavy (non-hydrogen) atoms. The van der Waals surface area contributed by atoms with Gasteiger partial charge in [0.05, 0.1) is 12.4 Å². The second kappa shape index (κ2) is 4.14. The van der Waals surface area contributed by atoms with E-state index in [4.69, 9.17) is 10.4 Å². The summed E-state index contributed by atoms with van der Waals surface area (Å²) in [5, 5.41) is 17.4. The zero-order valence-electron chi connectivity index (χ0n) is 8.50. The van der Waals surface area contributed by atoms with Gasteiger partial charge >= 0.3 is 5.97 Å². The molecule has 0 saturated heterocycles. The highest BCUT2D eigenvalue weighted by Gasteiger charge is 2.31. The first kappa shape index (κ1) is 10.4. The predicted octanol–water partition coefficient (Wildman–Crippen LogP) is 0.402. The first-order chi connectivity index (χ1) is 7.70. The third kappa shape index (κ3) is 2.25. The van der Waals surface area contributed by atoms with Crippen LogP contribution < -0.4 is 4.90 Å². The molecule has 0 atom stereocenters. The van der Waals surface area contributed by atoms with Gasteiger partial charge in [0, 0.05) is 6.04 Å². The lowest BCUT2D eigenvalue weighted by Gasteiger charge is -2.20. The van der Waals surface area contributed by atoms with Gasteiger partial charge in [-0.15, -0.1) is 0 Å². The molecule has 82 valence electrons. The maximum atomic E-state index is 10.7. The Balaban J connectivity index is 2.18. The fourth-order valence-corrected chi connectivity index (χ4v) is 1.46. The molecule has 1 heterocycles. The summed E-state index contributed by atoms with van der Waals surface area (Å²) in [7, 11) is 0. The largest absolute Gasteiger partial charge is 0.480 e. The lowest BCUT2D eigenvalue weighted by molar-refractivity contribution is -0.135. The van der Waals surface area contributed by atoms with Crippen LogP contribution in [0.3, 0.4) is 0 Å². The molecule has 1 saturated carbocycles. The molecule has 0 radical (unpaired) electrons. The number of anilines is 1. The molecule has 0 aromatic carbocycles. The summed E-state index contributed by atoms with van der Waals surface area (Å²) in [5.41, 5.74) is 0.231. The van der Waals surface area contributed by atoms with E-state index in [-0.39, 0.29) is 18.3 Å². The summed E-state index contributed by atoms with van der Waals surface area (Å²) >= 11 is 0. The van der Waals surface area contributed by atoms with Gasteiger partial charge in [-0.05, 0) is 12.8 Å². The number of aliphatic carboxylic acids is 1. The number of rotatable bonds is 4. The summed E-state index contributed by atoms with van der Waals surface area (Å²) in [4.78, 5) is 20.3. The van der Waals surface area contributed by atoms with Gasteiger partial charge in [-0.3, -0.25) is 4.79 Å². The van der Waals surface area contributed by atoms with Crippen molar-refractivity contribution in [3.8, 4) is 6.07 Å². The van der Waals surface area contributed by atoms with Gasteiger partial charge in [-0.2, -0.15) is 5.26 Å². The highest BCUT2D eigenvalue weighted by Crippen LogP contribution is 2.29. The first-order valence-corrected chi connectivity index (χ1v) is 4.91. The Bertz CT molecular complexity index is 433. The summed E-state index contributed by atoms with van der Waals surface area (Å²) in [6.07, 6.45) is 4.76. The minimum Gasteiger partial charge on any atom is -0.480 e. The van der Waals surface area contributed by atoms with Gasteiger partial charge in [0.25, 0.3) is 0 Å². The van der Waals surface area contributed by atoms with Crippen molar-refractivity contribution in [1.82, 2.24) is 9.97 Å². The smallest absolute Gasteiger partial charge is 0.323 e. The van der Waals surface area contributed by atoms with E-state index in [1.807, 2.05) is 6.07 Å². The van der Waals surface area contributed by atoms with Crippen molar-refractivity contribution in [1.29, 1.82) is 5.26 Å². The monoisotopic (exact) mass is 218 g/mol.